The van der Waals surface area contributed by atoms with Crippen LogP contribution in [0.15, 0.2) is 47.4 Å². The fourth-order valence-electron chi connectivity index (χ4n) is 1.65. The van der Waals surface area contributed by atoms with Gasteiger partial charge in [0, 0.05) is 17.3 Å². The van der Waals surface area contributed by atoms with Crippen molar-refractivity contribution in [3.63, 3.8) is 0 Å². The molecule has 21 heavy (non-hydrogen) atoms. The quantitative estimate of drug-likeness (QED) is 0.595. The summed E-state index contributed by atoms with van der Waals surface area (Å²) in [6.45, 7) is 0. The molecule has 0 aliphatic heterocycles. The molecule has 0 amide bonds. The molecule has 0 saturated heterocycles. The van der Waals surface area contributed by atoms with Crippen molar-refractivity contribution in [2.24, 2.45) is 5.73 Å². The maximum absolute atomic E-state index is 13.5. The van der Waals surface area contributed by atoms with E-state index in [9.17, 15) is 17.2 Å². The van der Waals surface area contributed by atoms with Crippen molar-refractivity contribution in [2.45, 2.75) is 4.90 Å². The van der Waals surface area contributed by atoms with Gasteiger partial charge in [0.2, 0.25) is 0 Å². The van der Waals surface area contributed by atoms with Crippen LogP contribution in [-0.2, 0) is 10.0 Å². The number of halogens is 2. The van der Waals surface area contributed by atoms with Crippen molar-refractivity contribution in [1.29, 1.82) is 5.41 Å². The number of sulfonamides is 1. The van der Waals surface area contributed by atoms with E-state index < -0.39 is 26.6 Å². The highest BCUT2D eigenvalue weighted by Crippen LogP contribution is 2.20. The van der Waals surface area contributed by atoms with Gasteiger partial charge in [0.25, 0.3) is 10.0 Å². The van der Waals surface area contributed by atoms with Gasteiger partial charge in [0.1, 0.15) is 22.4 Å². The second kappa shape index (κ2) is 5.49. The fraction of sp³-hybridized carbons (Fsp3) is 0. The average molecular weight is 311 g/mol. The van der Waals surface area contributed by atoms with Crippen LogP contribution in [0.5, 0.6) is 0 Å². The van der Waals surface area contributed by atoms with E-state index in [0.717, 1.165) is 12.1 Å². The van der Waals surface area contributed by atoms with E-state index in [-0.39, 0.29) is 11.5 Å². The van der Waals surface area contributed by atoms with E-state index in [1.54, 1.807) is 0 Å². The summed E-state index contributed by atoms with van der Waals surface area (Å²) in [5, 5.41) is 7.28. The lowest BCUT2D eigenvalue weighted by molar-refractivity contribution is 0.551. The van der Waals surface area contributed by atoms with Crippen LogP contribution in [-0.4, -0.2) is 14.3 Å². The fourth-order valence-corrected chi connectivity index (χ4v) is 2.76. The summed E-state index contributed by atoms with van der Waals surface area (Å²) in [7, 11) is -4.21. The Bertz CT molecular complexity index is 807. The molecule has 0 heterocycles. The van der Waals surface area contributed by atoms with Gasteiger partial charge in [-0.1, -0.05) is 12.1 Å². The minimum atomic E-state index is -4.21. The highest BCUT2D eigenvalue weighted by Gasteiger charge is 2.19. The lowest BCUT2D eigenvalue weighted by atomic mass is 10.2. The third-order valence-electron chi connectivity index (χ3n) is 2.61. The van der Waals surface area contributed by atoms with Gasteiger partial charge in [-0.2, -0.15) is 0 Å². The molecule has 0 atom stereocenters. The number of nitrogens with two attached hydrogens (primary N) is 1. The van der Waals surface area contributed by atoms with E-state index in [0.29, 0.717) is 11.6 Å². The third-order valence-corrected chi connectivity index (χ3v) is 4.02. The minimum Gasteiger partial charge on any atom is -0.384 e. The van der Waals surface area contributed by atoms with Crippen LogP contribution in [0.1, 0.15) is 5.56 Å². The summed E-state index contributed by atoms with van der Waals surface area (Å²) in [5.41, 5.74) is 5.73. The molecule has 0 saturated carbocycles. The van der Waals surface area contributed by atoms with Crippen LogP contribution >= 0.6 is 0 Å². The zero-order valence-electron chi connectivity index (χ0n) is 10.6. The predicted molar refractivity (Wildman–Crippen MR) is 74.6 cm³/mol. The molecule has 0 aromatic heterocycles. The van der Waals surface area contributed by atoms with E-state index in [1.165, 1.54) is 24.3 Å². The smallest absolute Gasteiger partial charge is 0.264 e. The molecule has 2 rings (SSSR count). The zero-order valence-corrected chi connectivity index (χ0v) is 11.4. The van der Waals surface area contributed by atoms with E-state index in [1.807, 2.05) is 0 Å². The van der Waals surface area contributed by atoms with Gasteiger partial charge in [0.15, 0.2) is 0 Å². The highest BCUT2D eigenvalue weighted by atomic mass is 32.2. The van der Waals surface area contributed by atoms with Gasteiger partial charge in [-0.15, -0.1) is 0 Å². The molecule has 0 aliphatic rings. The largest absolute Gasteiger partial charge is 0.384 e. The maximum atomic E-state index is 13.5. The summed E-state index contributed by atoms with van der Waals surface area (Å²) >= 11 is 0. The van der Waals surface area contributed by atoms with E-state index >= 15 is 0 Å². The number of amidine groups is 1. The van der Waals surface area contributed by atoms with Crippen molar-refractivity contribution >= 4 is 21.5 Å². The number of benzene rings is 2. The van der Waals surface area contributed by atoms with Gasteiger partial charge < -0.3 is 5.73 Å². The number of nitrogens with one attached hydrogen (secondary N) is 2. The Hall–Kier alpha value is -2.48. The standard InChI is InChI=1S/C13H11F2N3O2S/c14-9-4-5-12(11(15)7-9)21(19,20)18-10-3-1-2-8(6-10)13(16)17/h1-7,18H,(H3,16,17). The molecule has 0 bridgehead atoms. The van der Waals surface area contributed by atoms with Crippen molar-refractivity contribution in [3.05, 3.63) is 59.7 Å². The minimum absolute atomic E-state index is 0.117. The predicted octanol–water partition coefficient (Wildman–Crippen LogP) is 2.05. The van der Waals surface area contributed by atoms with Gasteiger partial charge >= 0.3 is 0 Å². The van der Waals surface area contributed by atoms with Crippen LogP contribution in [0, 0.1) is 17.0 Å². The average Bonchev–Trinajstić information content (AvgIpc) is 2.37. The molecule has 110 valence electrons. The highest BCUT2D eigenvalue weighted by molar-refractivity contribution is 7.92. The number of anilines is 1. The molecule has 5 nitrogen and oxygen atoms in total. The number of hydrogen-bond acceptors (Lipinski definition) is 3. The van der Waals surface area contributed by atoms with Gasteiger partial charge in [-0.05, 0) is 24.3 Å². The summed E-state index contributed by atoms with van der Waals surface area (Å²) in [5.74, 6) is -2.29. The van der Waals surface area contributed by atoms with E-state index in [4.69, 9.17) is 11.1 Å². The Kier molecular flexibility index (Phi) is 3.90. The van der Waals surface area contributed by atoms with Crippen LogP contribution in [0.4, 0.5) is 14.5 Å². The molecule has 4 N–H and O–H groups in total. The first-order chi connectivity index (χ1) is 9.79. The second-order valence-corrected chi connectivity index (χ2v) is 5.83. The lowest BCUT2D eigenvalue weighted by Crippen LogP contribution is -2.16. The maximum Gasteiger partial charge on any atom is 0.264 e. The molecular weight excluding hydrogens is 300 g/mol. The number of hydrogen-bond donors (Lipinski definition) is 3. The van der Waals surface area contributed by atoms with Crippen molar-refractivity contribution < 1.29 is 17.2 Å². The Balaban J connectivity index is 2.37. The molecule has 0 fully saturated rings. The van der Waals surface area contributed by atoms with Crippen molar-refractivity contribution in [3.8, 4) is 0 Å². The van der Waals surface area contributed by atoms with E-state index in [2.05, 4.69) is 4.72 Å². The summed E-state index contributed by atoms with van der Waals surface area (Å²) < 4.78 is 52.6. The first-order valence-corrected chi connectivity index (χ1v) is 7.20. The number of nitrogen functional groups attached to an aromatic ring is 1. The molecule has 0 unspecified atom stereocenters. The Labute approximate surface area is 120 Å². The second-order valence-electron chi connectivity index (χ2n) is 4.17. The zero-order chi connectivity index (χ0) is 15.6. The summed E-state index contributed by atoms with van der Waals surface area (Å²) in [6.07, 6.45) is 0. The number of rotatable bonds is 4. The molecule has 2 aromatic rings. The third kappa shape index (κ3) is 3.34. The molecule has 2 aromatic carbocycles. The summed E-state index contributed by atoms with van der Waals surface area (Å²) in [4.78, 5) is -0.669. The van der Waals surface area contributed by atoms with Crippen LogP contribution in [0.3, 0.4) is 0 Å². The van der Waals surface area contributed by atoms with Crippen molar-refractivity contribution in [2.75, 3.05) is 4.72 Å². The van der Waals surface area contributed by atoms with Crippen LogP contribution in [0.25, 0.3) is 0 Å². The molecule has 0 aliphatic carbocycles. The van der Waals surface area contributed by atoms with Gasteiger partial charge in [-0.3, -0.25) is 10.1 Å². The first-order valence-electron chi connectivity index (χ1n) is 5.72. The van der Waals surface area contributed by atoms with Gasteiger partial charge in [0.05, 0.1) is 0 Å². The summed E-state index contributed by atoms with van der Waals surface area (Å²) in [6, 6.07) is 7.95. The normalized spacial score (nSPS) is 11.1. The monoisotopic (exact) mass is 311 g/mol. The Morgan fingerprint density at radius 2 is 1.86 bits per heavy atom. The van der Waals surface area contributed by atoms with Crippen LogP contribution < -0.4 is 10.5 Å². The topological polar surface area (TPSA) is 96.0 Å². The van der Waals surface area contributed by atoms with Crippen molar-refractivity contribution in [1.82, 2.24) is 0 Å². The molecular formula is C13H11F2N3O2S. The molecule has 0 radical (unpaired) electrons. The Morgan fingerprint density at radius 1 is 1.14 bits per heavy atom. The molecule has 0 spiro atoms. The SMILES string of the molecule is N=C(N)c1cccc(NS(=O)(=O)c2ccc(F)cc2F)c1. The first kappa shape index (κ1) is 14.9. The Morgan fingerprint density at radius 3 is 2.48 bits per heavy atom. The van der Waals surface area contributed by atoms with Gasteiger partial charge in [-0.25, -0.2) is 17.2 Å². The lowest BCUT2D eigenvalue weighted by Gasteiger charge is -2.10. The molecule has 8 heteroatoms. The van der Waals surface area contributed by atoms with Crippen LogP contribution in [0.2, 0.25) is 0 Å².